The van der Waals surface area contributed by atoms with E-state index in [0.29, 0.717) is 6.42 Å². The van der Waals surface area contributed by atoms with Gasteiger partial charge in [0.2, 0.25) is 10.0 Å². The van der Waals surface area contributed by atoms with E-state index in [-0.39, 0.29) is 5.25 Å². The summed E-state index contributed by atoms with van der Waals surface area (Å²) >= 11 is 0. The molecule has 1 atom stereocenters. The Hall–Kier alpha value is -0.350. The van der Waals surface area contributed by atoms with Gasteiger partial charge in [0.05, 0.1) is 5.25 Å². The lowest BCUT2D eigenvalue weighted by molar-refractivity contribution is 0.565. The predicted octanol–water partition coefficient (Wildman–Crippen LogP) is 1.28. The molecule has 0 aliphatic rings. The highest BCUT2D eigenvalue weighted by Gasteiger charge is 2.16. The Morgan fingerprint density at radius 3 is 2.58 bits per heavy atom. The Labute approximate surface area is 74.9 Å². The summed E-state index contributed by atoms with van der Waals surface area (Å²) in [5.74, 6) is 0. The second kappa shape index (κ2) is 5.32. The molecule has 0 aliphatic heterocycles. The van der Waals surface area contributed by atoms with Crippen LogP contribution in [0.3, 0.4) is 0 Å². The molecular weight excluding hydrogens is 174 g/mol. The molecule has 0 fully saturated rings. The molecule has 0 saturated carbocycles. The lowest BCUT2D eigenvalue weighted by Gasteiger charge is -2.10. The first-order valence-electron chi connectivity index (χ1n) is 4.08. The summed E-state index contributed by atoms with van der Waals surface area (Å²) in [7, 11) is -1.62. The molecule has 12 heavy (non-hydrogen) atoms. The number of nitrogens with one attached hydrogen (secondary N) is 1. The Balaban J connectivity index is 3.87. The van der Waals surface area contributed by atoms with Crippen molar-refractivity contribution in [3.8, 4) is 0 Å². The molecule has 0 aromatic heterocycles. The summed E-state index contributed by atoms with van der Waals surface area (Å²) < 4.78 is 24.6. The first kappa shape index (κ1) is 11.6. The molecule has 0 bridgehead atoms. The van der Waals surface area contributed by atoms with Gasteiger partial charge in [-0.2, -0.15) is 0 Å². The molecule has 0 spiro atoms. The highest BCUT2D eigenvalue weighted by atomic mass is 32.2. The van der Waals surface area contributed by atoms with Gasteiger partial charge in [-0.1, -0.05) is 6.08 Å². The molecule has 1 unspecified atom stereocenters. The zero-order valence-electron chi connectivity index (χ0n) is 7.71. The van der Waals surface area contributed by atoms with Gasteiger partial charge in [-0.15, -0.1) is 6.58 Å². The van der Waals surface area contributed by atoms with E-state index >= 15 is 0 Å². The average molecular weight is 191 g/mol. The maximum Gasteiger partial charge on any atom is 0.213 e. The van der Waals surface area contributed by atoms with E-state index in [1.165, 1.54) is 7.05 Å². The van der Waals surface area contributed by atoms with Crippen LogP contribution in [0.1, 0.15) is 26.2 Å². The van der Waals surface area contributed by atoms with Crippen molar-refractivity contribution in [2.24, 2.45) is 0 Å². The third-order valence-corrected chi connectivity index (χ3v) is 3.70. The van der Waals surface area contributed by atoms with Crippen LogP contribution >= 0.6 is 0 Å². The molecule has 0 aromatic rings. The largest absolute Gasteiger partial charge is 0.218 e. The highest BCUT2D eigenvalue weighted by molar-refractivity contribution is 7.90. The molecule has 72 valence electrons. The maximum absolute atomic E-state index is 11.2. The molecule has 4 heteroatoms. The van der Waals surface area contributed by atoms with Crippen molar-refractivity contribution in [2.75, 3.05) is 7.05 Å². The van der Waals surface area contributed by atoms with Crippen LogP contribution in [0.25, 0.3) is 0 Å². The summed E-state index contributed by atoms with van der Waals surface area (Å²) in [4.78, 5) is 0. The highest BCUT2D eigenvalue weighted by Crippen LogP contribution is 2.07. The first-order chi connectivity index (χ1) is 5.54. The molecule has 1 N–H and O–H groups in total. The second-order valence-electron chi connectivity index (χ2n) is 2.78. The fourth-order valence-corrected chi connectivity index (χ4v) is 1.79. The van der Waals surface area contributed by atoms with Gasteiger partial charge in [-0.25, -0.2) is 13.1 Å². The number of hydrogen-bond acceptors (Lipinski definition) is 2. The van der Waals surface area contributed by atoms with E-state index in [9.17, 15) is 8.42 Å². The van der Waals surface area contributed by atoms with Crippen LogP contribution in [-0.4, -0.2) is 20.7 Å². The number of sulfonamides is 1. The second-order valence-corrected chi connectivity index (χ2v) is 5.08. The molecule has 0 aliphatic carbocycles. The summed E-state index contributed by atoms with van der Waals surface area (Å²) in [5.41, 5.74) is 0. The summed E-state index contributed by atoms with van der Waals surface area (Å²) in [5, 5.41) is -0.303. The van der Waals surface area contributed by atoms with Crippen molar-refractivity contribution in [3.05, 3.63) is 12.7 Å². The van der Waals surface area contributed by atoms with E-state index in [4.69, 9.17) is 0 Å². The lowest BCUT2D eigenvalue weighted by atomic mass is 10.2. The van der Waals surface area contributed by atoms with Crippen LogP contribution in [0.15, 0.2) is 12.7 Å². The van der Waals surface area contributed by atoms with Crippen LogP contribution in [0.2, 0.25) is 0 Å². The lowest BCUT2D eigenvalue weighted by Crippen LogP contribution is -2.29. The Morgan fingerprint density at radius 2 is 2.17 bits per heavy atom. The van der Waals surface area contributed by atoms with E-state index in [0.717, 1.165) is 12.8 Å². The van der Waals surface area contributed by atoms with Crippen molar-refractivity contribution in [2.45, 2.75) is 31.4 Å². The monoisotopic (exact) mass is 191 g/mol. The van der Waals surface area contributed by atoms with Gasteiger partial charge in [0.25, 0.3) is 0 Å². The third kappa shape index (κ3) is 3.88. The fourth-order valence-electron chi connectivity index (χ4n) is 0.906. The summed E-state index contributed by atoms with van der Waals surface area (Å²) in [6, 6.07) is 0. The molecular formula is C8H17NO2S. The van der Waals surface area contributed by atoms with Gasteiger partial charge in [0.15, 0.2) is 0 Å². The van der Waals surface area contributed by atoms with E-state index in [1.54, 1.807) is 13.0 Å². The van der Waals surface area contributed by atoms with E-state index in [1.807, 2.05) is 0 Å². The minimum atomic E-state index is -3.06. The van der Waals surface area contributed by atoms with Crippen molar-refractivity contribution in [1.29, 1.82) is 0 Å². The molecule has 0 radical (unpaired) electrons. The van der Waals surface area contributed by atoms with Crippen LogP contribution < -0.4 is 4.72 Å². The Kier molecular flexibility index (Phi) is 5.17. The van der Waals surface area contributed by atoms with Gasteiger partial charge in [-0.3, -0.25) is 0 Å². The van der Waals surface area contributed by atoms with Crippen molar-refractivity contribution in [1.82, 2.24) is 4.72 Å². The minimum Gasteiger partial charge on any atom is -0.218 e. The van der Waals surface area contributed by atoms with E-state index in [2.05, 4.69) is 11.3 Å². The van der Waals surface area contributed by atoms with Crippen molar-refractivity contribution in [3.63, 3.8) is 0 Å². The zero-order chi connectivity index (χ0) is 9.61. The zero-order valence-corrected chi connectivity index (χ0v) is 8.52. The summed E-state index contributed by atoms with van der Waals surface area (Å²) in [6.45, 7) is 5.29. The van der Waals surface area contributed by atoms with Gasteiger partial charge in [0.1, 0.15) is 0 Å². The standard InChI is InChI=1S/C8H17NO2S/c1-4-5-6-7-8(2)12(10,11)9-3/h4,8-9H,1,5-7H2,2-3H3. The predicted molar refractivity (Wildman–Crippen MR) is 51.5 cm³/mol. The van der Waals surface area contributed by atoms with Crippen LogP contribution in [0, 0.1) is 0 Å². The van der Waals surface area contributed by atoms with Crippen LogP contribution in [0.4, 0.5) is 0 Å². The fraction of sp³-hybridized carbons (Fsp3) is 0.750. The topological polar surface area (TPSA) is 46.2 Å². The summed E-state index contributed by atoms with van der Waals surface area (Å²) in [6.07, 6.45) is 4.25. The quantitative estimate of drug-likeness (QED) is 0.508. The molecule has 0 amide bonds. The maximum atomic E-state index is 11.2. The minimum absolute atomic E-state index is 0.303. The molecule has 3 nitrogen and oxygen atoms in total. The number of hydrogen-bond donors (Lipinski definition) is 1. The SMILES string of the molecule is C=CCCCC(C)S(=O)(=O)NC. The smallest absolute Gasteiger partial charge is 0.213 e. The average Bonchev–Trinajstić information content (AvgIpc) is 2.05. The van der Waals surface area contributed by atoms with Crippen molar-refractivity contribution < 1.29 is 8.42 Å². The number of rotatable bonds is 6. The number of allylic oxidation sites excluding steroid dienone is 1. The molecule has 0 aromatic carbocycles. The van der Waals surface area contributed by atoms with Crippen LogP contribution in [-0.2, 0) is 10.0 Å². The first-order valence-corrected chi connectivity index (χ1v) is 5.62. The van der Waals surface area contributed by atoms with Gasteiger partial charge >= 0.3 is 0 Å². The van der Waals surface area contributed by atoms with Gasteiger partial charge in [0, 0.05) is 0 Å². The Morgan fingerprint density at radius 1 is 1.58 bits per heavy atom. The normalized spacial score (nSPS) is 14.2. The van der Waals surface area contributed by atoms with E-state index < -0.39 is 10.0 Å². The molecule has 0 heterocycles. The van der Waals surface area contributed by atoms with Gasteiger partial charge < -0.3 is 0 Å². The molecule has 0 rings (SSSR count). The molecule has 0 saturated heterocycles. The van der Waals surface area contributed by atoms with Crippen LogP contribution in [0.5, 0.6) is 0 Å². The van der Waals surface area contributed by atoms with Crippen molar-refractivity contribution >= 4 is 10.0 Å². The number of unbranched alkanes of at least 4 members (excludes halogenated alkanes) is 1. The Bertz CT molecular complexity index is 221. The van der Waals surface area contributed by atoms with Gasteiger partial charge in [-0.05, 0) is 33.2 Å². The third-order valence-electron chi connectivity index (χ3n) is 1.83.